The summed E-state index contributed by atoms with van der Waals surface area (Å²) in [5.74, 6) is -0.215. The van der Waals surface area contributed by atoms with Crippen molar-refractivity contribution in [1.29, 1.82) is 0 Å². The van der Waals surface area contributed by atoms with Crippen LogP contribution < -0.4 is 4.74 Å². The summed E-state index contributed by atoms with van der Waals surface area (Å²) in [6.45, 7) is 0.551. The maximum atomic E-state index is 11.8. The molecule has 0 aliphatic heterocycles. The lowest BCUT2D eigenvalue weighted by Gasteiger charge is -2.11. The third-order valence-electron chi connectivity index (χ3n) is 1.57. The normalized spacial score (nSPS) is 11.9. The van der Waals surface area contributed by atoms with Gasteiger partial charge in [-0.2, -0.15) is 0 Å². The standard InChI is InChI=1S/C9H10F3NOS/c1-13(15)6-7-2-4-8(5-3-7)14-9(10,11)12/h2-5,15H,6H2,1H3. The molecule has 0 saturated heterocycles. The lowest BCUT2D eigenvalue weighted by atomic mass is 10.2. The fourth-order valence-corrected chi connectivity index (χ4v) is 1.22. The molecular formula is C9H10F3NOS. The van der Waals surface area contributed by atoms with Crippen LogP contribution in [-0.4, -0.2) is 17.7 Å². The summed E-state index contributed by atoms with van der Waals surface area (Å²) in [4.78, 5) is 0. The van der Waals surface area contributed by atoms with Crippen LogP contribution in [0.1, 0.15) is 5.56 Å². The van der Waals surface area contributed by atoms with Gasteiger partial charge in [-0.05, 0) is 24.7 Å². The Morgan fingerprint density at radius 1 is 1.27 bits per heavy atom. The molecule has 0 aliphatic carbocycles. The molecule has 0 bridgehead atoms. The Bertz CT molecular complexity index is 310. The summed E-state index contributed by atoms with van der Waals surface area (Å²) >= 11 is 4.03. The molecule has 0 atom stereocenters. The summed E-state index contributed by atoms with van der Waals surface area (Å²) in [5.41, 5.74) is 0.863. The second-order valence-corrected chi connectivity index (χ2v) is 3.69. The SMILES string of the molecule is CN(S)Cc1ccc(OC(F)(F)F)cc1. The Hall–Kier alpha value is -0.880. The first-order chi connectivity index (χ1) is 6.87. The van der Waals surface area contributed by atoms with E-state index in [1.54, 1.807) is 23.5 Å². The number of hydrogen-bond donors (Lipinski definition) is 1. The molecule has 2 nitrogen and oxygen atoms in total. The van der Waals surface area contributed by atoms with E-state index >= 15 is 0 Å². The van der Waals surface area contributed by atoms with Crippen molar-refractivity contribution in [2.24, 2.45) is 0 Å². The Labute approximate surface area is 91.2 Å². The van der Waals surface area contributed by atoms with E-state index in [4.69, 9.17) is 0 Å². The first-order valence-corrected chi connectivity index (χ1v) is 4.51. The average molecular weight is 237 g/mol. The van der Waals surface area contributed by atoms with Crippen molar-refractivity contribution >= 4 is 12.8 Å². The van der Waals surface area contributed by atoms with E-state index in [0.29, 0.717) is 6.54 Å². The van der Waals surface area contributed by atoms with Gasteiger partial charge in [-0.3, -0.25) is 4.31 Å². The number of benzene rings is 1. The Balaban J connectivity index is 2.64. The van der Waals surface area contributed by atoms with Crippen LogP contribution in [0.25, 0.3) is 0 Å². The van der Waals surface area contributed by atoms with Crippen LogP contribution in [-0.2, 0) is 6.54 Å². The molecule has 1 aromatic rings. The molecule has 0 radical (unpaired) electrons. The van der Waals surface area contributed by atoms with E-state index in [2.05, 4.69) is 17.6 Å². The zero-order valence-corrected chi connectivity index (χ0v) is 8.85. The van der Waals surface area contributed by atoms with Crippen molar-refractivity contribution in [2.75, 3.05) is 7.05 Å². The molecule has 15 heavy (non-hydrogen) atoms. The lowest BCUT2D eigenvalue weighted by molar-refractivity contribution is -0.274. The minimum atomic E-state index is -4.64. The largest absolute Gasteiger partial charge is 0.573 e. The highest BCUT2D eigenvalue weighted by Crippen LogP contribution is 2.22. The van der Waals surface area contributed by atoms with E-state index in [1.807, 2.05) is 0 Å². The number of rotatable bonds is 3. The molecule has 0 spiro atoms. The van der Waals surface area contributed by atoms with Crippen LogP contribution in [0.4, 0.5) is 13.2 Å². The number of halogens is 3. The van der Waals surface area contributed by atoms with Gasteiger partial charge in [0.1, 0.15) is 5.75 Å². The van der Waals surface area contributed by atoms with E-state index in [9.17, 15) is 13.2 Å². The summed E-state index contributed by atoms with van der Waals surface area (Å²) in [6, 6.07) is 5.68. The van der Waals surface area contributed by atoms with Gasteiger partial charge in [0.05, 0.1) is 0 Å². The highest BCUT2D eigenvalue weighted by molar-refractivity contribution is 7.77. The Kier molecular flexibility index (Phi) is 3.87. The smallest absolute Gasteiger partial charge is 0.406 e. The minimum absolute atomic E-state index is 0.215. The second kappa shape index (κ2) is 4.76. The molecule has 0 aromatic heterocycles. The van der Waals surface area contributed by atoms with Crippen LogP contribution in [0.5, 0.6) is 5.75 Å². The van der Waals surface area contributed by atoms with Crippen molar-refractivity contribution in [2.45, 2.75) is 12.9 Å². The molecule has 0 heterocycles. The van der Waals surface area contributed by atoms with E-state index in [0.717, 1.165) is 5.56 Å². The first-order valence-electron chi connectivity index (χ1n) is 4.11. The number of ether oxygens (including phenoxy) is 1. The van der Waals surface area contributed by atoms with Gasteiger partial charge in [0.15, 0.2) is 0 Å². The van der Waals surface area contributed by atoms with E-state index in [1.165, 1.54) is 12.1 Å². The van der Waals surface area contributed by atoms with E-state index < -0.39 is 6.36 Å². The molecule has 0 saturated carbocycles. The Morgan fingerprint density at radius 3 is 2.20 bits per heavy atom. The van der Waals surface area contributed by atoms with Gasteiger partial charge >= 0.3 is 6.36 Å². The topological polar surface area (TPSA) is 12.5 Å². The lowest BCUT2D eigenvalue weighted by Crippen LogP contribution is -2.17. The van der Waals surface area contributed by atoms with Crippen LogP contribution >= 0.6 is 12.8 Å². The molecule has 0 N–H and O–H groups in total. The van der Waals surface area contributed by atoms with Gasteiger partial charge in [0.2, 0.25) is 0 Å². The fourth-order valence-electron chi connectivity index (χ4n) is 1.06. The molecule has 1 aromatic carbocycles. The van der Waals surface area contributed by atoms with Gasteiger partial charge in [-0.15, -0.1) is 13.2 Å². The first kappa shape index (κ1) is 12.2. The van der Waals surface area contributed by atoms with Crippen molar-refractivity contribution in [3.8, 4) is 5.75 Å². The molecule has 0 amide bonds. The third kappa shape index (κ3) is 4.94. The molecule has 84 valence electrons. The predicted octanol–water partition coefficient (Wildman–Crippen LogP) is 2.86. The number of nitrogens with zero attached hydrogens (tertiary/aromatic N) is 1. The molecule has 0 fully saturated rings. The van der Waals surface area contributed by atoms with Crippen LogP contribution in [0, 0.1) is 0 Å². The molecule has 6 heteroatoms. The molecular weight excluding hydrogens is 227 g/mol. The zero-order valence-electron chi connectivity index (χ0n) is 7.95. The van der Waals surface area contributed by atoms with Gasteiger partial charge in [-0.25, -0.2) is 0 Å². The minimum Gasteiger partial charge on any atom is -0.406 e. The van der Waals surface area contributed by atoms with Crippen LogP contribution in [0.15, 0.2) is 24.3 Å². The van der Waals surface area contributed by atoms with Gasteiger partial charge in [-0.1, -0.05) is 24.9 Å². The summed E-state index contributed by atoms with van der Waals surface area (Å²) in [5, 5.41) is 0. The fraction of sp³-hybridized carbons (Fsp3) is 0.333. The molecule has 1 rings (SSSR count). The number of hydrogen-bond acceptors (Lipinski definition) is 3. The quantitative estimate of drug-likeness (QED) is 0.811. The van der Waals surface area contributed by atoms with Crippen LogP contribution in [0.2, 0.25) is 0 Å². The maximum absolute atomic E-state index is 11.8. The van der Waals surface area contributed by atoms with Crippen molar-refractivity contribution in [1.82, 2.24) is 4.31 Å². The summed E-state index contributed by atoms with van der Waals surface area (Å²) in [7, 11) is 1.75. The number of alkyl halides is 3. The Morgan fingerprint density at radius 2 is 1.80 bits per heavy atom. The van der Waals surface area contributed by atoms with Gasteiger partial charge in [0.25, 0.3) is 0 Å². The zero-order chi connectivity index (χ0) is 11.5. The molecule has 0 unspecified atom stereocenters. The number of thiol groups is 1. The van der Waals surface area contributed by atoms with Crippen molar-refractivity contribution < 1.29 is 17.9 Å². The highest BCUT2D eigenvalue weighted by Gasteiger charge is 2.30. The van der Waals surface area contributed by atoms with Gasteiger partial charge in [0, 0.05) is 6.54 Å². The maximum Gasteiger partial charge on any atom is 0.573 e. The van der Waals surface area contributed by atoms with E-state index in [-0.39, 0.29) is 5.75 Å². The van der Waals surface area contributed by atoms with Crippen LogP contribution in [0.3, 0.4) is 0 Å². The highest BCUT2D eigenvalue weighted by atomic mass is 32.1. The average Bonchev–Trinajstić information content (AvgIpc) is 2.05. The van der Waals surface area contributed by atoms with Gasteiger partial charge < -0.3 is 4.74 Å². The summed E-state index contributed by atoms with van der Waals surface area (Å²) in [6.07, 6.45) is -4.64. The summed E-state index contributed by atoms with van der Waals surface area (Å²) < 4.78 is 40.8. The monoisotopic (exact) mass is 237 g/mol. The predicted molar refractivity (Wildman–Crippen MR) is 53.6 cm³/mol. The third-order valence-corrected chi connectivity index (χ3v) is 1.71. The molecule has 0 aliphatic rings. The second-order valence-electron chi connectivity index (χ2n) is 3.01. The van der Waals surface area contributed by atoms with Crippen molar-refractivity contribution in [3.63, 3.8) is 0 Å². The van der Waals surface area contributed by atoms with Crippen molar-refractivity contribution in [3.05, 3.63) is 29.8 Å².